The summed E-state index contributed by atoms with van der Waals surface area (Å²) in [5.41, 5.74) is 4.56. The van der Waals surface area contributed by atoms with Crippen LogP contribution in [-0.2, 0) is 20.0 Å². The van der Waals surface area contributed by atoms with E-state index in [9.17, 15) is 22.8 Å². The standard InChI is InChI=1S/C17H15F3N6O3/c1-25-14(15(21)27)13(8-22-25)23-16(28)12-5-6-26(24-12)9-29-11-4-2-3-10(7-11)17(18,19)20/h2-8H,9H2,1H3,(H2,21,27)(H,23,28). The number of rotatable bonds is 6. The molecule has 0 aliphatic carbocycles. The summed E-state index contributed by atoms with van der Waals surface area (Å²) >= 11 is 0. The van der Waals surface area contributed by atoms with Crippen molar-refractivity contribution in [3.05, 3.63) is 59.7 Å². The second-order valence-electron chi connectivity index (χ2n) is 5.89. The summed E-state index contributed by atoms with van der Waals surface area (Å²) in [6, 6.07) is 5.78. The highest BCUT2D eigenvalue weighted by molar-refractivity contribution is 6.07. The molecule has 29 heavy (non-hydrogen) atoms. The van der Waals surface area contributed by atoms with Crippen molar-refractivity contribution in [2.45, 2.75) is 12.9 Å². The first-order valence-corrected chi connectivity index (χ1v) is 8.12. The third-order valence-electron chi connectivity index (χ3n) is 3.82. The number of amides is 2. The largest absolute Gasteiger partial charge is 0.471 e. The highest BCUT2D eigenvalue weighted by Crippen LogP contribution is 2.31. The van der Waals surface area contributed by atoms with Gasteiger partial charge in [-0.05, 0) is 24.3 Å². The van der Waals surface area contributed by atoms with Gasteiger partial charge in [-0.1, -0.05) is 6.07 Å². The summed E-state index contributed by atoms with van der Waals surface area (Å²) in [5.74, 6) is -1.39. The van der Waals surface area contributed by atoms with Gasteiger partial charge >= 0.3 is 6.18 Å². The smallest absolute Gasteiger partial charge is 0.416 e. The maximum absolute atomic E-state index is 12.7. The van der Waals surface area contributed by atoms with Crippen molar-refractivity contribution in [1.82, 2.24) is 19.6 Å². The number of nitrogens with one attached hydrogen (secondary N) is 1. The van der Waals surface area contributed by atoms with Gasteiger partial charge in [-0.25, -0.2) is 4.68 Å². The van der Waals surface area contributed by atoms with Crippen LogP contribution in [0, 0.1) is 0 Å². The van der Waals surface area contributed by atoms with Crippen molar-refractivity contribution in [2.24, 2.45) is 12.8 Å². The number of carbonyl (C=O) groups is 2. The first-order valence-electron chi connectivity index (χ1n) is 8.12. The molecule has 0 aliphatic heterocycles. The summed E-state index contributed by atoms with van der Waals surface area (Å²) in [6.45, 7) is -0.214. The predicted molar refractivity (Wildman–Crippen MR) is 94.0 cm³/mol. The molecule has 2 amide bonds. The van der Waals surface area contributed by atoms with E-state index in [2.05, 4.69) is 15.5 Å². The van der Waals surface area contributed by atoms with Crippen LogP contribution in [0.2, 0.25) is 0 Å². The number of benzene rings is 1. The highest BCUT2D eigenvalue weighted by atomic mass is 19.4. The summed E-state index contributed by atoms with van der Waals surface area (Å²) in [4.78, 5) is 23.7. The van der Waals surface area contributed by atoms with E-state index in [1.165, 1.54) is 47.0 Å². The first kappa shape index (κ1) is 19.9. The molecule has 3 rings (SSSR count). The van der Waals surface area contributed by atoms with E-state index < -0.39 is 23.6 Å². The number of anilines is 1. The van der Waals surface area contributed by atoms with Gasteiger partial charge in [0.2, 0.25) is 0 Å². The van der Waals surface area contributed by atoms with Gasteiger partial charge in [0.05, 0.1) is 17.4 Å². The van der Waals surface area contributed by atoms with Gasteiger partial charge in [0.15, 0.2) is 12.4 Å². The van der Waals surface area contributed by atoms with Crippen LogP contribution in [0.25, 0.3) is 0 Å². The zero-order chi connectivity index (χ0) is 21.2. The molecule has 0 fully saturated rings. The van der Waals surface area contributed by atoms with E-state index in [0.29, 0.717) is 0 Å². The molecule has 0 spiro atoms. The fourth-order valence-electron chi connectivity index (χ4n) is 2.47. The number of halogens is 3. The van der Waals surface area contributed by atoms with Gasteiger partial charge < -0.3 is 15.8 Å². The Balaban J connectivity index is 1.65. The summed E-state index contributed by atoms with van der Waals surface area (Å²) < 4.78 is 45.9. The molecule has 0 saturated carbocycles. The maximum atomic E-state index is 12.7. The normalized spacial score (nSPS) is 11.3. The van der Waals surface area contributed by atoms with Crippen molar-refractivity contribution >= 4 is 17.5 Å². The predicted octanol–water partition coefficient (Wildman–Crippen LogP) is 2.02. The van der Waals surface area contributed by atoms with E-state index in [0.717, 1.165) is 12.1 Å². The highest BCUT2D eigenvalue weighted by Gasteiger charge is 2.30. The topological polar surface area (TPSA) is 117 Å². The number of alkyl halides is 3. The number of hydrogen-bond donors (Lipinski definition) is 2. The molecule has 0 atom stereocenters. The Labute approximate surface area is 161 Å². The molecule has 0 radical (unpaired) electrons. The molecule has 0 aliphatic rings. The van der Waals surface area contributed by atoms with Crippen molar-refractivity contribution in [3.63, 3.8) is 0 Å². The van der Waals surface area contributed by atoms with Crippen LogP contribution < -0.4 is 15.8 Å². The molecule has 0 bridgehead atoms. The third-order valence-corrected chi connectivity index (χ3v) is 3.82. The monoisotopic (exact) mass is 408 g/mol. The molecular formula is C17H15F3N6O3. The SMILES string of the molecule is Cn1ncc(NC(=O)c2ccn(COc3cccc(C(F)(F)F)c3)n2)c1C(N)=O. The Morgan fingerprint density at radius 2 is 2.03 bits per heavy atom. The molecule has 152 valence electrons. The van der Waals surface area contributed by atoms with Crippen molar-refractivity contribution in [3.8, 4) is 5.75 Å². The maximum Gasteiger partial charge on any atom is 0.416 e. The number of aromatic nitrogens is 4. The molecule has 9 nitrogen and oxygen atoms in total. The van der Waals surface area contributed by atoms with E-state index >= 15 is 0 Å². The van der Waals surface area contributed by atoms with Gasteiger partial charge in [-0.3, -0.25) is 14.3 Å². The van der Waals surface area contributed by atoms with Crippen LogP contribution in [-0.4, -0.2) is 31.4 Å². The zero-order valence-electron chi connectivity index (χ0n) is 15.0. The fourth-order valence-corrected chi connectivity index (χ4v) is 2.47. The number of nitrogens with two attached hydrogens (primary N) is 1. The average Bonchev–Trinajstić information content (AvgIpc) is 3.26. The molecule has 0 unspecified atom stereocenters. The van der Waals surface area contributed by atoms with E-state index in [4.69, 9.17) is 10.5 Å². The summed E-state index contributed by atoms with van der Waals surface area (Å²) in [6.07, 6.45) is -1.79. The van der Waals surface area contributed by atoms with Crippen LogP contribution >= 0.6 is 0 Å². The van der Waals surface area contributed by atoms with Gasteiger partial charge in [-0.2, -0.15) is 23.4 Å². The first-order chi connectivity index (χ1) is 13.6. The third kappa shape index (κ3) is 4.54. The Kier molecular flexibility index (Phi) is 5.26. The van der Waals surface area contributed by atoms with E-state index in [-0.39, 0.29) is 29.6 Å². The second kappa shape index (κ2) is 7.66. The van der Waals surface area contributed by atoms with Crippen LogP contribution in [0.15, 0.2) is 42.7 Å². The van der Waals surface area contributed by atoms with Crippen molar-refractivity contribution < 1.29 is 27.5 Å². The summed E-state index contributed by atoms with van der Waals surface area (Å²) in [5, 5.41) is 10.3. The number of primary amides is 1. The Morgan fingerprint density at radius 1 is 1.28 bits per heavy atom. The van der Waals surface area contributed by atoms with Crippen LogP contribution in [0.3, 0.4) is 0 Å². The number of ether oxygens (including phenoxy) is 1. The molecular weight excluding hydrogens is 393 g/mol. The lowest BCUT2D eigenvalue weighted by Crippen LogP contribution is -2.20. The number of carbonyl (C=O) groups excluding carboxylic acids is 2. The molecule has 2 aromatic heterocycles. The van der Waals surface area contributed by atoms with Crippen LogP contribution in [0.1, 0.15) is 26.5 Å². The molecule has 2 heterocycles. The average molecular weight is 408 g/mol. The van der Waals surface area contributed by atoms with E-state index in [1.54, 1.807) is 0 Å². The van der Waals surface area contributed by atoms with Gasteiger partial charge in [0.1, 0.15) is 11.4 Å². The fraction of sp³-hybridized carbons (Fsp3) is 0.176. The van der Waals surface area contributed by atoms with E-state index in [1.807, 2.05) is 0 Å². The number of aryl methyl sites for hydroxylation is 1. The lowest BCUT2D eigenvalue weighted by molar-refractivity contribution is -0.137. The second-order valence-corrected chi connectivity index (χ2v) is 5.89. The lowest BCUT2D eigenvalue weighted by atomic mass is 10.2. The minimum absolute atomic E-state index is 0.00258. The van der Waals surface area contributed by atoms with Gasteiger partial charge in [0.25, 0.3) is 11.8 Å². The Hall–Kier alpha value is -3.83. The Bertz CT molecular complexity index is 1060. The number of hydrogen-bond acceptors (Lipinski definition) is 5. The van der Waals surface area contributed by atoms with Gasteiger partial charge in [-0.15, -0.1) is 0 Å². The van der Waals surface area contributed by atoms with Crippen molar-refractivity contribution in [2.75, 3.05) is 5.32 Å². The lowest BCUT2D eigenvalue weighted by Gasteiger charge is -2.10. The zero-order valence-corrected chi connectivity index (χ0v) is 15.0. The quantitative estimate of drug-likeness (QED) is 0.647. The van der Waals surface area contributed by atoms with Crippen LogP contribution in [0.5, 0.6) is 5.75 Å². The molecule has 12 heteroatoms. The molecule has 3 N–H and O–H groups in total. The molecule has 1 aromatic carbocycles. The number of nitrogens with zero attached hydrogens (tertiary/aromatic N) is 4. The van der Waals surface area contributed by atoms with Gasteiger partial charge in [0, 0.05) is 13.2 Å². The van der Waals surface area contributed by atoms with Crippen LogP contribution in [0.4, 0.5) is 18.9 Å². The summed E-state index contributed by atoms with van der Waals surface area (Å²) in [7, 11) is 1.50. The minimum atomic E-state index is -4.48. The van der Waals surface area contributed by atoms with Crippen molar-refractivity contribution in [1.29, 1.82) is 0 Å². The minimum Gasteiger partial charge on any atom is -0.471 e. The Morgan fingerprint density at radius 3 is 2.72 bits per heavy atom. The molecule has 3 aromatic rings. The molecule has 0 saturated heterocycles.